The summed E-state index contributed by atoms with van der Waals surface area (Å²) in [5, 5.41) is 21.0. The summed E-state index contributed by atoms with van der Waals surface area (Å²) in [4.78, 5) is 15.2. The van der Waals surface area contributed by atoms with Crippen molar-refractivity contribution in [2.75, 3.05) is 0 Å². The fourth-order valence-corrected chi connectivity index (χ4v) is 2.48. The molecular formula is C13H12N2O3S. The fourth-order valence-electron chi connectivity index (χ4n) is 1.55. The highest BCUT2D eigenvalue weighted by Crippen LogP contribution is 2.34. The summed E-state index contributed by atoms with van der Waals surface area (Å²) in [6, 6.07) is 9.95. The van der Waals surface area contributed by atoms with E-state index < -0.39 is 11.0 Å². The Labute approximate surface area is 114 Å². The van der Waals surface area contributed by atoms with Gasteiger partial charge in [0.15, 0.2) is 0 Å². The van der Waals surface area contributed by atoms with Crippen molar-refractivity contribution < 1.29 is 10.0 Å². The molecule has 0 aliphatic carbocycles. The van der Waals surface area contributed by atoms with Gasteiger partial charge >= 0.3 is 0 Å². The fraction of sp³-hybridized carbons (Fsp3) is 0.154. The highest BCUT2D eigenvalue weighted by atomic mass is 32.2. The van der Waals surface area contributed by atoms with Crippen LogP contribution in [-0.2, 0) is 0 Å². The number of aromatic nitrogens is 1. The van der Waals surface area contributed by atoms with Crippen LogP contribution in [0, 0.1) is 10.1 Å². The van der Waals surface area contributed by atoms with Crippen molar-refractivity contribution in [3.63, 3.8) is 0 Å². The van der Waals surface area contributed by atoms with Gasteiger partial charge in [-0.15, -0.1) is 0 Å². The summed E-state index contributed by atoms with van der Waals surface area (Å²) >= 11 is 1.21. The number of nitrogens with zero attached hydrogens (tertiary/aromatic N) is 2. The van der Waals surface area contributed by atoms with E-state index in [0.29, 0.717) is 9.92 Å². The van der Waals surface area contributed by atoms with E-state index in [2.05, 4.69) is 4.98 Å². The molecule has 0 fully saturated rings. The maximum Gasteiger partial charge on any atom is 0.283 e. The number of nitro groups is 1. The molecule has 2 aromatic rings. The zero-order valence-corrected chi connectivity index (χ0v) is 11.0. The van der Waals surface area contributed by atoms with E-state index in [4.69, 9.17) is 0 Å². The molecule has 98 valence electrons. The summed E-state index contributed by atoms with van der Waals surface area (Å²) in [6.07, 6.45) is 0.993. The second kappa shape index (κ2) is 5.81. The van der Waals surface area contributed by atoms with Gasteiger partial charge in [-0.2, -0.15) is 0 Å². The van der Waals surface area contributed by atoms with Crippen LogP contribution < -0.4 is 0 Å². The third-order valence-electron chi connectivity index (χ3n) is 2.52. The summed E-state index contributed by atoms with van der Waals surface area (Å²) in [7, 11) is 0. The first-order chi connectivity index (χ1) is 9.08. The smallest absolute Gasteiger partial charge is 0.283 e. The molecule has 6 heteroatoms. The van der Waals surface area contributed by atoms with Crippen molar-refractivity contribution in [1.82, 2.24) is 4.98 Å². The second-order valence-electron chi connectivity index (χ2n) is 3.93. The van der Waals surface area contributed by atoms with Gasteiger partial charge in [0.1, 0.15) is 5.03 Å². The molecule has 0 bridgehead atoms. The van der Waals surface area contributed by atoms with Crippen molar-refractivity contribution in [2.24, 2.45) is 0 Å². The van der Waals surface area contributed by atoms with Crippen molar-refractivity contribution in [3.8, 4) is 0 Å². The summed E-state index contributed by atoms with van der Waals surface area (Å²) in [6.45, 7) is 1.66. The van der Waals surface area contributed by atoms with E-state index in [9.17, 15) is 15.2 Å². The van der Waals surface area contributed by atoms with Gasteiger partial charge in [-0.05, 0) is 30.7 Å². The average molecular weight is 276 g/mol. The molecule has 0 radical (unpaired) electrons. The standard InChI is InChI=1S/C13H12N2O3S/c1-9(16)10-6-7-14-13(8-10)19-12-5-3-2-4-11(12)15(17)18/h2-9,16H,1H3/t9-/m1/s1. The first-order valence-corrected chi connectivity index (χ1v) is 6.45. The third kappa shape index (κ3) is 3.30. The maximum atomic E-state index is 10.9. The number of rotatable bonds is 4. The molecule has 0 amide bonds. The molecule has 0 saturated heterocycles. The Balaban J connectivity index is 2.31. The van der Waals surface area contributed by atoms with Crippen molar-refractivity contribution in [3.05, 3.63) is 58.3 Å². The van der Waals surface area contributed by atoms with Gasteiger partial charge in [0, 0.05) is 12.3 Å². The van der Waals surface area contributed by atoms with Gasteiger partial charge in [0.05, 0.1) is 15.9 Å². The molecule has 1 heterocycles. The first-order valence-electron chi connectivity index (χ1n) is 5.63. The van der Waals surface area contributed by atoms with E-state index >= 15 is 0 Å². The summed E-state index contributed by atoms with van der Waals surface area (Å²) in [5.41, 5.74) is 0.785. The van der Waals surface area contributed by atoms with Gasteiger partial charge < -0.3 is 5.11 Å². The number of para-hydroxylation sites is 1. The Morgan fingerprint density at radius 3 is 2.79 bits per heavy atom. The number of benzene rings is 1. The third-order valence-corrected chi connectivity index (χ3v) is 3.52. The minimum absolute atomic E-state index is 0.0525. The van der Waals surface area contributed by atoms with Crippen LogP contribution in [0.5, 0.6) is 0 Å². The largest absolute Gasteiger partial charge is 0.389 e. The quantitative estimate of drug-likeness (QED) is 0.685. The number of nitro benzene ring substituents is 1. The molecule has 1 aromatic carbocycles. The monoisotopic (exact) mass is 276 g/mol. The van der Waals surface area contributed by atoms with Crippen LogP contribution in [0.4, 0.5) is 5.69 Å². The number of hydrogen-bond donors (Lipinski definition) is 1. The molecule has 0 aliphatic heterocycles. The molecule has 1 atom stereocenters. The van der Waals surface area contributed by atoms with Crippen LogP contribution in [0.15, 0.2) is 52.5 Å². The number of hydrogen-bond acceptors (Lipinski definition) is 5. The molecule has 0 aliphatic rings. The minimum atomic E-state index is -0.590. The van der Waals surface area contributed by atoms with E-state index in [1.54, 1.807) is 43.5 Å². The highest BCUT2D eigenvalue weighted by Gasteiger charge is 2.14. The lowest BCUT2D eigenvalue weighted by atomic mass is 10.2. The van der Waals surface area contributed by atoms with E-state index in [-0.39, 0.29) is 5.69 Å². The van der Waals surface area contributed by atoms with Gasteiger partial charge in [-0.25, -0.2) is 4.98 Å². The predicted octanol–water partition coefficient (Wildman–Crippen LogP) is 3.19. The topological polar surface area (TPSA) is 76.3 Å². The Morgan fingerprint density at radius 2 is 2.11 bits per heavy atom. The van der Waals surface area contributed by atoms with E-state index in [0.717, 1.165) is 5.56 Å². The van der Waals surface area contributed by atoms with Gasteiger partial charge in [0.25, 0.3) is 5.69 Å². The maximum absolute atomic E-state index is 10.9. The van der Waals surface area contributed by atoms with Crippen LogP contribution in [0.1, 0.15) is 18.6 Å². The molecule has 0 unspecified atom stereocenters. The van der Waals surface area contributed by atoms with Crippen LogP contribution in [0.3, 0.4) is 0 Å². The second-order valence-corrected chi connectivity index (χ2v) is 4.99. The molecular weight excluding hydrogens is 264 g/mol. The highest BCUT2D eigenvalue weighted by molar-refractivity contribution is 7.99. The molecule has 1 N–H and O–H groups in total. The Morgan fingerprint density at radius 1 is 1.37 bits per heavy atom. The Hall–Kier alpha value is -1.92. The predicted molar refractivity (Wildman–Crippen MR) is 72.1 cm³/mol. The minimum Gasteiger partial charge on any atom is -0.389 e. The Bertz CT molecular complexity index is 602. The average Bonchev–Trinajstić information content (AvgIpc) is 2.39. The molecule has 2 rings (SSSR count). The van der Waals surface area contributed by atoms with E-state index in [1.807, 2.05) is 0 Å². The lowest BCUT2D eigenvalue weighted by Gasteiger charge is -2.06. The summed E-state index contributed by atoms with van der Waals surface area (Å²) in [5.74, 6) is 0. The normalized spacial score (nSPS) is 12.1. The number of pyridine rings is 1. The SMILES string of the molecule is C[C@@H](O)c1ccnc(Sc2ccccc2[N+](=O)[O-])c1. The van der Waals surface area contributed by atoms with Crippen molar-refractivity contribution >= 4 is 17.4 Å². The van der Waals surface area contributed by atoms with Crippen molar-refractivity contribution in [2.45, 2.75) is 22.9 Å². The zero-order valence-electron chi connectivity index (χ0n) is 10.2. The zero-order chi connectivity index (χ0) is 13.8. The lowest BCUT2D eigenvalue weighted by Crippen LogP contribution is -1.93. The van der Waals surface area contributed by atoms with Gasteiger partial charge in [0.2, 0.25) is 0 Å². The lowest BCUT2D eigenvalue weighted by molar-refractivity contribution is -0.387. The molecule has 1 aromatic heterocycles. The van der Waals surface area contributed by atoms with Crippen LogP contribution >= 0.6 is 11.8 Å². The van der Waals surface area contributed by atoms with Gasteiger partial charge in [-0.1, -0.05) is 23.9 Å². The van der Waals surface area contributed by atoms with E-state index in [1.165, 1.54) is 17.8 Å². The summed E-state index contributed by atoms with van der Waals surface area (Å²) < 4.78 is 0. The van der Waals surface area contributed by atoms with Crippen LogP contribution in [0.25, 0.3) is 0 Å². The van der Waals surface area contributed by atoms with Crippen LogP contribution in [-0.4, -0.2) is 15.0 Å². The van der Waals surface area contributed by atoms with Gasteiger partial charge in [-0.3, -0.25) is 10.1 Å². The number of aliphatic hydroxyl groups excluding tert-OH is 1. The van der Waals surface area contributed by atoms with Crippen molar-refractivity contribution in [1.29, 1.82) is 0 Å². The molecule has 0 saturated carbocycles. The number of aliphatic hydroxyl groups is 1. The van der Waals surface area contributed by atoms with Crippen LogP contribution in [0.2, 0.25) is 0 Å². The molecule has 0 spiro atoms. The first kappa shape index (κ1) is 13.5. The Kier molecular flexibility index (Phi) is 4.13. The molecule has 19 heavy (non-hydrogen) atoms. The molecule has 5 nitrogen and oxygen atoms in total.